The zero-order valence-electron chi connectivity index (χ0n) is 13.2. The largest absolute Gasteiger partial charge is 0.496 e. The van der Waals surface area contributed by atoms with Gasteiger partial charge in [0, 0.05) is 11.1 Å². The van der Waals surface area contributed by atoms with Crippen molar-refractivity contribution in [2.24, 2.45) is 5.73 Å². The molecule has 1 aliphatic carbocycles. The lowest BCUT2D eigenvalue weighted by Crippen LogP contribution is -2.39. The van der Waals surface area contributed by atoms with Gasteiger partial charge in [-0.1, -0.05) is 39.2 Å². The fraction of sp³-hybridized carbons (Fsp3) is 0.667. The Morgan fingerprint density at radius 2 is 1.80 bits per heavy atom. The maximum atomic E-state index is 6.73. The fourth-order valence-electron chi connectivity index (χ4n) is 3.58. The summed E-state index contributed by atoms with van der Waals surface area (Å²) in [6.07, 6.45) is 8.29. The van der Waals surface area contributed by atoms with Gasteiger partial charge in [-0.2, -0.15) is 0 Å². The number of benzene rings is 1. The average Bonchev–Trinajstić information content (AvgIpc) is 2.49. The van der Waals surface area contributed by atoms with E-state index >= 15 is 0 Å². The summed E-state index contributed by atoms with van der Waals surface area (Å²) < 4.78 is 5.59. The summed E-state index contributed by atoms with van der Waals surface area (Å²) in [5.74, 6) is 1.59. The highest BCUT2D eigenvalue weighted by Crippen LogP contribution is 2.41. The van der Waals surface area contributed by atoms with Gasteiger partial charge in [-0.15, -0.1) is 0 Å². The van der Waals surface area contributed by atoms with Crippen molar-refractivity contribution in [3.63, 3.8) is 0 Å². The number of rotatable bonds is 5. The van der Waals surface area contributed by atoms with Gasteiger partial charge in [-0.05, 0) is 49.3 Å². The van der Waals surface area contributed by atoms with Crippen LogP contribution in [0.1, 0.15) is 75.8 Å². The van der Waals surface area contributed by atoms with E-state index in [1.807, 2.05) is 0 Å². The molecule has 112 valence electrons. The van der Waals surface area contributed by atoms with Crippen molar-refractivity contribution < 1.29 is 4.74 Å². The molecule has 20 heavy (non-hydrogen) atoms. The second-order valence-corrected chi connectivity index (χ2v) is 6.19. The molecule has 0 aliphatic heterocycles. The lowest BCUT2D eigenvalue weighted by atomic mass is 9.76. The third kappa shape index (κ3) is 3.01. The molecule has 1 aliphatic rings. The maximum absolute atomic E-state index is 6.73. The molecule has 2 rings (SSSR count). The summed E-state index contributed by atoms with van der Waals surface area (Å²) in [5, 5.41) is 0. The Morgan fingerprint density at radius 3 is 2.35 bits per heavy atom. The second-order valence-electron chi connectivity index (χ2n) is 6.19. The predicted octanol–water partition coefficient (Wildman–Crippen LogP) is 4.72. The highest BCUT2D eigenvalue weighted by atomic mass is 16.5. The molecule has 2 heteroatoms. The highest BCUT2D eigenvalue weighted by molar-refractivity contribution is 5.43. The molecule has 0 amide bonds. The van der Waals surface area contributed by atoms with Gasteiger partial charge in [-0.3, -0.25) is 0 Å². The van der Waals surface area contributed by atoms with E-state index in [0.29, 0.717) is 5.92 Å². The lowest BCUT2D eigenvalue weighted by molar-refractivity contribution is 0.288. The van der Waals surface area contributed by atoms with Crippen molar-refractivity contribution in [3.05, 3.63) is 29.3 Å². The second kappa shape index (κ2) is 6.62. The van der Waals surface area contributed by atoms with Gasteiger partial charge >= 0.3 is 0 Å². The van der Waals surface area contributed by atoms with Crippen LogP contribution in [0.2, 0.25) is 0 Å². The van der Waals surface area contributed by atoms with Crippen LogP contribution in [0.5, 0.6) is 5.75 Å². The Bertz CT molecular complexity index is 431. The molecule has 1 saturated carbocycles. The molecule has 0 unspecified atom stereocenters. The topological polar surface area (TPSA) is 35.2 Å². The monoisotopic (exact) mass is 275 g/mol. The van der Waals surface area contributed by atoms with E-state index in [0.717, 1.165) is 18.6 Å². The first-order chi connectivity index (χ1) is 9.64. The van der Waals surface area contributed by atoms with Gasteiger partial charge < -0.3 is 10.5 Å². The first-order valence-corrected chi connectivity index (χ1v) is 8.12. The van der Waals surface area contributed by atoms with E-state index in [2.05, 4.69) is 32.0 Å². The van der Waals surface area contributed by atoms with Gasteiger partial charge in [0.1, 0.15) is 5.75 Å². The molecule has 0 bridgehead atoms. The van der Waals surface area contributed by atoms with Crippen LogP contribution in [0.3, 0.4) is 0 Å². The van der Waals surface area contributed by atoms with Gasteiger partial charge in [0.05, 0.1) is 7.11 Å². The minimum atomic E-state index is -0.189. The molecule has 2 nitrogen and oxygen atoms in total. The molecule has 0 heterocycles. The Kier molecular flexibility index (Phi) is 5.09. The molecule has 0 spiro atoms. The summed E-state index contributed by atoms with van der Waals surface area (Å²) in [6, 6.07) is 6.65. The van der Waals surface area contributed by atoms with Crippen molar-refractivity contribution in [1.82, 2.24) is 0 Å². The van der Waals surface area contributed by atoms with E-state index in [4.69, 9.17) is 10.5 Å². The van der Waals surface area contributed by atoms with Gasteiger partial charge in [0.15, 0.2) is 0 Å². The van der Waals surface area contributed by atoms with Crippen LogP contribution in [0.25, 0.3) is 0 Å². The van der Waals surface area contributed by atoms with Crippen LogP contribution in [-0.2, 0) is 5.54 Å². The van der Waals surface area contributed by atoms with Crippen molar-refractivity contribution in [1.29, 1.82) is 0 Å². The first kappa shape index (κ1) is 15.4. The minimum absolute atomic E-state index is 0.189. The van der Waals surface area contributed by atoms with Crippen molar-refractivity contribution in [2.45, 2.75) is 70.3 Å². The summed E-state index contributed by atoms with van der Waals surface area (Å²) in [5.41, 5.74) is 9.18. The summed E-state index contributed by atoms with van der Waals surface area (Å²) in [6.45, 7) is 4.52. The smallest absolute Gasteiger partial charge is 0.123 e. The SMILES string of the molecule is CCC(CC)c1ccc(OC)c(C2(N)CCCCC2)c1. The van der Waals surface area contributed by atoms with Crippen LogP contribution in [0.4, 0.5) is 0 Å². The number of hydrogen-bond acceptors (Lipinski definition) is 2. The van der Waals surface area contributed by atoms with Crippen LogP contribution in [-0.4, -0.2) is 7.11 Å². The van der Waals surface area contributed by atoms with Crippen LogP contribution < -0.4 is 10.5 Å². The van der Waals surface area contributed by atoms with Gasteiger partial charge in [0.25, 0.3) is 0 Å². The number of nitrogens with two attached hydrogens (primary N) is 1. The van der Waals surface area contributed by atoms with Crippen LogP contribution >= 0.6 is 0 Å². The molecule has 0 saturated heterocycles. The van der Waals surface area contributed by atoms with E-state index in [1.54, 1.807) is 7.11 Å². The van der Waals surface area contributed by atoms with Crippen molar-refractivity contribution >= 4 is 0 Å². The first-order valence-electron chi connectivity index (χ1n) is 8.12. The van der Waals surface area contributed by atoms with E-state index in [1.165, 1.54) is 43.2 Å². The molecular weight excluding hydrogens is 246 g/mol. The van der Waals surface area contributed by atoms with Crippen LogP contribution in [0.15, 0.2) is 18.2 Å². The predicted molar refractivity (Wildman–Crippen MR) is 85.3 cm³/mol. The quantitative estimate of drug-likeness (QED) is 0.844. The van der Waals surface area contributed by atoms with Crippen LogP contribution in [0, 0.1) is 0 Å². The Balaban J connectivity index is 2.40. The highest BCUT2D eigenvalue weighted by Gasteiger charge is 2.32. The number of methoxy groups -OCH3 is 1. The van der Waals surface area contributed by atoms with E-state index < -0.39 is 0 Å². The Morgan fingerprint density at radius 1 is 1.15 bits per heavy atom. The molecule has 1 aromatic rings. The lowest BCUT2D eigenvalue weighted by Gasteiger charge is -2.35. The summed E-state index contributed by atoms with van der Waals surface area (Å²) in [4.78, 5) is 0. The van der Waals surface area contributed by atoms with Crippen molar-refractivity contribution in [2.75, 3.05) is 7.11 Å². The molecule has 0 atom stereocenters. The summed E-state index contributed by atoms with van der Waals surface area (Å²) >= 11 is 0. The number of ether oxygens (including phenoxy) is 1. The van der Waals surface area contributed by atoms with Gasteiger partial charge in [0.2, 0.25) is 0 Å². The average molecular weight is 275 g/mol. The fourth-order valence-corrected chi connectivity index (χ4v) is 3.58. The standard InChI is InChI=1S/C18H29NO/c1-4-14(5-2)15-9-10-17(20-3)16(13-15)18(19)11-7-6-8-12-18/h9-10,13-14H,4-8,11-12,19H2,1-3H3. The third-order valence-electron chi connectivity index (χ3n) is 4.96. The maximum Gasteiger partial charge on any atom is 0.123 e. The third-order valence-corrected chi connectivity index (χ3v) is 4.96. The molecular formula is C18H29NO. The molecule has 0 aromatic heterocycles. The Labute approximate surface area is 123 Å². The van der Waals surface area contributed by atoms with E-state index in [-0.39, 0.29) is 5.54 Å². The molecule has 1 fully saturated rings. The summed E-state index contributed by atoms with van der Waals surface area (Å²) in [7, 11) is 1.75. The van der Waals surface area contributed by atoms with Crippen molar-refractivity contribution in [3.8, 4) is 5.75 Å². The van der Waals surface area contributed by atoms with Gasteiger partial charge in [-0.25, -0.2) is 0 Å². The molecule has 2 N–H and O–H groups in total. The van der Waals surface area contributed by atoms with E-state index in [9.17, 15) is 0 Å². The minimum Gasteiger partial charge on any atom is -0.496 e. The zero-order valence-corrected chi connectivity index (χ0v) is 13.2. The molecule has 0 radical (unpaired) electrons. The number of hydrogen-bond donors (Lipinski definition) is 1. The zero-order chi connectivity index (χ0) is 14.6. The Hall–Kier alpha value is -1.02. The normalized spacial score (nSPS) is 18.2. The molecule has 1 aromatic carbocycles.